The molecule has 0 aliphatic carbocycles. The third kappa shape index (κ3) is 5.57. The molecule has 150 valence electrons. The van der Waals surface area contributed by atoms with E-state index in [4.69, 9.17) is 5.73 Å². The van der Waals surface area contributed by atoms with E-state index in [1.54, 1.807) is 6.20 Å². The molecule has 9 heteroatoms. The molecule has 28 heavy (non-hydrogen) atoms. The Morgan fingerprint density at radius 2 is 1.93 bits per heavy atom. The van der Waals surface area contributed by atoms with Gasteiger partial charge >= 0.3 is 12.0 Å². The molecule has 1 heterocycles. The summed E-state index contributed by atoms with van der Waals surface area (Å²) in [5.74, 6) is -1.61. The van der Waals surface area contributed by atoms with Crippen LogP contribution < -0.4 is 16.4 Å². The van der Waals surface area contributed by atoms with Crippen LogP contribution in [0, 0.1) is 0 Å². The van der Waals surface area contributed by atoms with Gasteiger partial charge in [0.2, 0.25) is 5.91 Å². The molecule has 0 saturated carbocycles. The largest absolute Gasteiger partial charge is 0.480 e. The Balaban J connectivity index is 1.95. The fourth-order valence-electron chi connectivity index (χ4n) is 2.98. The van der Waals surface area contributed by atoms with Crippen LogP contribution in [-0.2, 0) is 16.1 Å². The molecule has 0 saturated heterocycles. The lowest BCUT2D eigenvalue weighted by Gasteiger charge is -2.15. The number of amides is 3. The summed E-state index contributed by atoms with van der Waals surface area (Å²) in [7, 11) is 0. The predicted molar refractivity (Wildman–Crippen MR) is 103 cm³/mol. The van der Waals surface area contributed by atoms with Crippen molar-refractivity contribution >= 4 is 34.6 Å². The molecule has 9 nitrogen and oxygen atoms in total. The first-order valence-corrected chi connectivity index (χ1v) is 8.94. The lowest BCUT2D eigenvalue weighted by atomic mass is 10.1. The van der Waals surface area contributed by atoms with Crippen molar-refractivity contribution in [3.8, 4) is 0 Å². The van der Waals surface area contributed by atoms with Crippen molar-refractivity contribution in [1.82, 2.24) is 15.2 Å². The van der Waals surface area contributed by atoms with Gasteiger partial charge in [0.25, 0.3) is 0 Å². The predicted octanol–water partition coefficient (Wildman–Crippen LogP) is 1.25. The summed E-state index contributed by atoms with van der Waals surface area (Å²) in [6, 6.07) is 5.69. The molecule has 0 spiro atoms. The maximum Gasteiger partial charge on any atom is 0.326 e. The first-order valence-electron chi connectivity index (χ1n) is 8.94. The fourth-order valence-corrected chi connectivity index (χ4v) is 2.98. The van der Waals surface area contributed by atoms with Gasteiger partial charge in [0.05, 0.1) is 0 Å². The van der Waals surface area contributed by atoms with Crippen molar-refractivity contribution in [2.24, 2.45) is 5.73 Å². The quantitative estimate of drug-likeness (QED) is 0.358. The number of carboxylic acids is 1. The number of Topliss-reactive ketones (excluding diaryl/α,β-unsaturated/α-hetero) is 1. The van der Waals surface area contributed by atoms with E-state index in [0.29, 0.717) is 18.5 Å². The second-order valence-corrected chi connectivity index (χ2v) is 6.45. The smallest absolute Gasteiger partial charge is 0.326 e. The molecule has 1 aromatic carbocycles. The van der Waals surface area contributed by atoms with Gasteiger partial charge in [0.1, 0.15) is 6.04 Å². The Kier molecular flexibility index (Phi) is 7.14. The van der Waals surface area contributed by atoms with Gasteiger partial charge in [-0.3, -0.25) is 9.59 Å². The van der Waals surface area contributed by atoms with Crippen LogP contribution in [-0.4, -0.2) is 46.0 Å². The number of nitrogens with one attached hydrogen (secondary N) is 2. The van der Waals surface area contributed by atoms with E-state index in [2.05, 4.69) is 10.6 Å². The fraction of sp³-hybridized carbons (Fsp3) is 0.368. The summed E-state index contributed by atoms with van der Waals surface area (Å²) in [4.78, 5) is 45.9. The van der Waals surface area contributed by atoms with Crippen molar-refractivity contribution in [3.63, 3.8) is 0 Å². The third-order valence-electron chi connectivity index (χ3n) is 4.35. The highest BCUT2D eigenvalue weighted by Gasteiger charge is 2.20. The highest BCUT2D eigenvalue weighted by atomic mass is 16.4. The van der Waals surface area contributed by atoms with Crippen molar-refractivity contribution in [2.75, 3.05) is 6.54 Å². The number of para-hydroxylation sites is 1. The minimum atomic E-state index is -1.14. The molecule has 1 atom stereocenters. The standard InChI is InChI=1S/C19H24N4O5/c1-12(24)14-11-23(16-7-3-2-5-13(14)16)10-8-17(25)22-15(18(26)27)6-4-9-21-19(20)28/h2-3,5,7,11,15H,4,6,8-10H2,1H3,(H,22,25)(H,26,27)(H3,20,21,28)/t15-/m1/s1. The van der Waals surface area contributed by atoms with Crippen LogP contribution in [0.15, 0.2) is 30.5 Å². The van der Waals surface area contributed by atoms with E-state index >= 15 is 0 Å². The first kappa shape index (κ1) is 20.9. The Morgan fingerprint density at radius 1 is 1.21 bits per heavy atom. The number of aliphatic carboxylic acids is 1. The lowest BCUT2D eigenvalue weighted by molar-refractivity contribution is -0.142. The SMILES string of the molecule is CC(=O)c1cn(CCC(=O)N[C@H](CCCNC(N)=O)C(=O)O)c2ccccc12. The van der Waals surface area contributed by atoms with Gasteiger partial charge in [-0.15, -0.1) is 0 Å². The van der Waals surface area contributed by atoms with Gasteiger partial charge in [-0.1, -0.05) is 18.2 Å². The van der Waals surface area contributed by atoms with Crippen LogP contribution in [0.4, 0.5) is 4.79 Å². The number of hydrogen-bond donors (Lipinski definition) is 4. The molecule has 0 radical (unpaired) electrons. The minimum absolute atomic E-state index is 0.0603. The van der Waals surface area contributed by atoms with Crippen LogP contribution in [0.25, 0.3) is 10.9 Å². The number of rotatable bonds is 10. The topological polar surface area (TPSA) is 144 Å². The number of primary amides is 1. The molecule has 2 rings (SSSR count). The highest BCUT2D eigenvalue weighted by molar-refractivity contribution is 6.07. The molecule has 0 fully saturated rings. The number of aromatic nitrogens is 1. The van der Waals surface area contributed by atoms with Gasteiger partial charge < -0.3 is 26.0 Å². The van der Waals surface area contributed by atoms with Crippen LogP contribution in [0.1, 0.15) is 36.5 Å². The molecule has 0 bridgehead atoms. The molecule has 0 aliphatic rings. The maximum absolute atomic E-state index is 12.2. The molecular formula is C19H24N4O5. The van der Waals surface area contributed by atoms with Crippen molar-refractivity contribution in [2.45, 2.75) is 38.8 Å². The molecule has 5 N–H and O–H groups in total. The summed E-state index contributed by atoms with van der Waals surface area (Å²) in [6.45, 7) is 2.04. The summed E-state index contributed by atoms with van der Waals surface area (Å²) >= 11 is 0. The van der Waals surface area contributed by atoms with Crippen LogP contribution >= 0.6 is 0 Å². The summed E-state index contributed by atoms with van der Waals surface area (Å²) in [5.41, 5.74) is 6.37. The number of carbonyl (C=O) groups excluding carboxylic acids is 3. The Hall–Kier alpha value is -3.36. The van der Waals surface area contributed by atoms with Gasteiger partial charge in [0.15, 0.2) is 5.78 Å². The summed E-state index contributed by atoms with van der Waals surface area (Å²) in [6.07, 6.45) is 2.32. The molecular weight excluding hydrogens is 364 g/mol. The van der Waals surface area contributed by atoms with Gasteiger partial charge in [-0.25, -0.2) is 9.59 Å². The van der Waals surface area contributed by atoms with Crippen molar-refractivity contribution in [3.05, 3.63) is 36.0 Å². The summed E-state index contributed by atoms with van der Waals surface area (Å²) in [5, 5.41) is 14.9. The second-order valence-electron chi connectivity index (χ2n) is 6.45. The highest BCUT2D eigenvalue weighted by Crippen LogP contribution is 2.22. The second kappa shape index (κ2) is 9.54. The lowest BCUT2D eigenvalue weighted by Crippen LogP contribution is -2.41. The van der Waals surface area contributed by atoms with Crippen LogP contribution in [0.5, 0.6) is 0 Å². The zero-order chi connectivity index (χ0) is 20.7. The van der Waals surface area contributed by atoms with Crippen LogP contribution in [0.2, 0.25) is 0 Å². The number of ketones is 1. The van der Waals surface area contributed by atoms with Gasteiger partial charge in [-0.05, 0) is 25.8 Å². The molecule has 0 unspecified atom stereocenters. The average Bonchev–Trinajstić information content (AvgIpc) is 3.01. The van der Waals surface area contributed by atoms with Crippen molar-refractivity contribution in [1.29, 1.82) is 0 Å². The monoisotopic (exact) mass is 388 g/mol. The maximum atomic E-state index is 12.2. The number of aryl methyl sites for hydroxylation is 1. The zero-order valence-corrected chi connectivity index (χ0v) is 15.6. The van der Waals surface area contributed by atoms with Crippen LogP contribution in [0.3, 0.4) is 0 Å². The Morgan fingerprint density at radius 3 is 2.57 bits per heavy atom. The number of carboxylic acid groups (broad SMARTS) is 1. The molecule has 0 aliphatic heterocycles. The van der Waals surface area contributed by atoms with E-state index < -0.39 is 23.9 Å². The number of benzene rings is 1. The molecule has 3 amide bonds. The Labute approximate surface area is 161 Å². The van der Waals surface area contributed by atoms with Gasteiger partial charge in [-0.2, -0.15) is 0 Å². The van der Waals surface area contributed by atoms with E-state index in [1.807, 2.05) is 28.8 Å². The number of fused-ring (bicyclic) bond motifs is 1. The number of carbonyl (C=O) groups is 4. The number of nitrogens with zero attached hydrogens (tertiary/aromatic N) is 1. The van der Waals surface area contributed by atoms with E-state index in [9.17, 15) is 24.3 Å². The normalized spacial score (nSPS) is 11.8. The average molecular weight is 388 g/mol. The first-order chi connectivity index (χ1) is 13.3. The minimum Gasteiger partial charge on any atom is -0.480 e. The van der Waals surface area contributed by atoms with Gasteiger partial charge in [0, 0.05) is 42.2 Å². The van der Waals surface area contributed by atoms with E-state index in [0.717, 1.165) is 10.9 Å². The number of nitrogens with two attached hydrogens (primary N) is 1. The van der Waals surface area contributed by atoms with E-state index in [-0.39, 0.29) is 25.2 Å². The number of hydrogen-bond acceptors (Lipinski definition) is 4. The van der Waals surface area contributed by atoms with Crippen molar-refractivity contribution < 1.29 is 24.3 Å². The zero-order valence-electron chi connectivity index (χ0n) is 15.6. The third-order valence-corrected chi connectivity index (χ3v) is 4.35. The molecule has 2 aromatic rings. The van der Waals surface area contributed by atoms with E-state index in [1.165, 1.54) is 6.92 Å². The Bertz CT molecular complexity index is 890. The summed E-state index contributed by atoms with van der Waals surface area (Å²) < 4.78 is 1.82. The number of urea groups is 1. The molecule has 1 aromatic heterocycles.